The van der Waals surface area contributed by atoms with Crippen LogP contribution in [0.2, 0.25) is 0 Å². The van der Waals surface area contributed by atoms with E-state index >= 15 is 0 Å². The number of aryl methyl sites for hydroxylation is 2. The average molecular weight is 495 g/mol. The first-order valence-electron chi connectivity index (χ1n) is 12.9. The summed E-state index contributed by atoms with van der Waals surface area (Å²) in [5.41, 5.74) is 4.04. The van der Waals surface area contributed by atoms with Gasteiger partial charge in [0, 0.05) is 49.4 Å². The Kier molecular flexibility index (Phi) is 5.76. The Morgan fingerprint density at radius 3 is 2.39 bits per heavy atom. The molecule has 0 saturated carbocycles. The Bertz CT molecular complexity index is 1210. The number of nitrogens with one attached hydrogen (secondary N) is 1. The molecular formula is C28H38N4O4. The van der Waals surface area contributed by atoms with Gasteiger partial charge in [-0.1, -0.05) is 6.92 Å². The molecule has 1 aromatic heterocycles. The van der Waals surface area contributed by atoms with Crippen LogP contribution in [0.3, 0.4) is 0 Å². The first kappa shape index (κ1) is 24.5. The van der Waals surface area contributed by atoms with Gasteiger partial charge in [-0.3, -0.25) is 4.79 Å². The van der Waals surface area contributed by atoms with Crippen molar-refractivity contribution in [1.29, 1.82) is 0 Å². The van der Waals surface area contributed by atoms with Gasteiger partial charge < -0.3 is 29.2 Å². The van der Waals surface area contributed by atoms with Crippen LogP contribution in [0.25, 0.3) is 0 Å². The number of urea groups is 1. The number of H-pyrrole nitrogens is 1. The lowest BCUT2D eigenvalue weighted by Gasteiger charge is -2.56. The topological polar surface area (TPSA) is 78.1 Å². The maximum atomic E-state index is 13.9. The first-order chi connectivity index (χ1) is 17.1. The molecule has 0 radical (unpaired) electrons. The van der Waals surface area contributed by atoms with E-state index in [1.165, 1.54) is 0 Å². The van der Waals surface area contributed by atoms with E-state index in [4.69, 9.17) is 9.47 Å². The predicted molar refractivity (Wildman–Crippen MR) is 138 cm³/mol. The molecule has 0 bridgehead atoms. The summed E-state index contributed by atoms with van der Waals surface area (Å²) in [5.74, 6) is 1.62. The van der Waals surface area contributed by atoms with Crippen LogP contribution in [0.4, 0.5) is 4.79 Å². The molecule has 1 unspecified atom stereocenters. The van der Waals surface area contributed by atoms with E-state index in [9.17, 15) is 9.59 Å². The van der Waals surface area contributed by atoms with Crippen molar-refractivity contribution in [2.45, 2.75) is 71.0 Å². The molecule has 3 aliphatic heterocycles. The molecule has 3 amide bonds. The molecule has 4 heterocycles. The highest BCUT2D eigenvalue weighted by Crippen LogP contribution is 2.58. The number of methoxy groups -OCH3 is 2. The fraction of sp³-hybridized carbons (Fsp3) is 0.571. The molecule has 5 rings (SSSR count). The molecule has 2 aromatic rings. The second-order valence-electron chi connectivity index (χ2n) is 10.7. The van der Waals surface area contributed by atoms with Crippen LogP contribution in [0, 0.1) is 13.8 Å². The van der Waals surface area contributed by atoms with Crippen LogP contribution in [-0.4, -0.2) is 76.6 Å². The Morgan fingerprint density at radius 1 is 1.14 bits per heavy atom. The van der Waals surface area contributed by atoms with Crippen molar-refractivity contribution in [1.82, 2.24) is 19.7 Å². The molecule has 1 spiro atoms. The second kappa shape index (κ2) is 8.46. The molecule has 2 saturated heterocycles. The summed E-state index contributed by atoms with van der Waals surface area (Å²) >= 11 is 0. The summed E-state index contributed by atoms with van der Waals surface area (Å²) < 4.78 is 11.4. The summed E-state index contributed by atoms with van der Waals surface area (Å²) in [6, 6.07) is 6.06. The summed E-state index contributed by atoms with van der Waals surface area (Å²) in [6.07, 6.45) is 1.48. The number of rotatable bonds is 4. The maximum absolute atomic E-state index is 13.9. The van der Waals surface area contributed by atoms with Gasteiger partial charge in [0.15, 0.2) is 0 Å². The molecule has 194 valence electrons. The number of ether oxygens (including phenoxy) is 2. The molecular weight excluding hydrogens is 456 g/mol. The molecule has 1 aromatic carbocycles. The van der Waals surface area contributed by atoms with Crippen LogP contribution < -0.4 is 9.47 Å². The molecule has 8 heteroatoms. The van der Waals surface area contributed by atoms with Crippen LogP contribution in [-0.2, 0) is 6.54 Å². The number of fused-ring (bicyclic) bond motifs is 3. The third-order valence-electron chi connectivity index (χ3n) is 9.30. The largest absolute Gasteiger partial charge is 0.497 e. The van der Waals surface area contributed by atoms with E-state index in [0.717, 1.165) is 46.7 Å². The number of likely N-dealkylation sites (tertiary alicyclic amines) is 1. The molecule has 2 atom stereocenters. The number of amides is 3. The number of aromatic amines is 1. The van der Waals surface area contributed by atoms with E-state index in [0.29, 0.717) is 31.9 Å². The third-order valence-corrected chi connectivity index (χ3v) is 9.30. The quantitative estimate of drug-likeness (QED) is 0.681. The van der Waals surface area contributed by atoms with Crippen molar-refractivity contribution in [2.24, 2.45) is 0 Å². The van der Waals surface area contributed by atoms with Gasteiger partial charge in [0.1, 0.15) is 17.2 Å². The monoisotopic (exact) mass is 494 g/mol. The van der Waals surface area contributed by atoms with Gasteiger partial charge in [0.25, 0.3) is 5.91 Å². The second-order valence-corrected chi connectivity index (χ2v) is 10.7. The number of carbonyl (C=O) groups excluding carboxylic acids is 2. The van der Waals surface area contributed by atoms with E-state index in [2.05, 4.69) is 35.6 Å². The van der Waals surface area contributed by atoms with Crippen molar-refractivity contribution in [3.63, 3.8) is 0 Å². The van der Waals surface area contributed by atoms with E-state index in [1.54, 1.807) is 14.2 Å². The number of hydrogen-bond donors (Lipinski definition) is 1. The van der Waals surface area contributed by atoms with Crippen molar-refractivity contribution < 1.29 is 19.1 Å². The molecule has 8 nitrogen and oxygen atoms in total. The minimum atomic E-state index is -0.441. The summed E-state index contributed by atoms with van der Waals surface area (Å²) in [5, 5.41) is 0. The lowest BCUT2D eigenvalue weighted by molar-refractivity contribution is -0.0129. The third kappa shape index (κ3) is 3.12. The molecule has 0 aliphatic carbocycles. The lowest BCUT2D eigenvalue weighted by Crippen LogP contribution is -2.67. The zero-order valence-corrected chi connectivity index (χ0v) is 22.5. The zero-order valence-electron chi connectivity index (χ0n) is 22.5. The van der Waals surface area contributed by atoms with Crippen LogP contribution >= 0.6 is 0 Å². The number of benzene rings is 1. The van der Waals surface area contributed by atoms with Crippen LogP contribution in [0.5, 0.6) is 11.5 Å². The Balaban J connectivity index is 1.53. The standard InChI is InChI=1S/C28H38N4O4/c1-8-31-26(34)32-16-20-14-21(35-6)15-22(36-7)23(20)19(4)27(32,5)28(31)9-11-30(12-10-28)25(33)24-17(2)13-18(3)29-24/h13-15,19,29H,8-12,16H2,1-7H3/t19-,27?/m1/s1. The lowest BCUT2D eigenvalue weighted by atomic mass is 9.61. The maximum Gasteiger partial charge on any atom is 0.321 e. The molecule has 36 heavy (non-hydrogen) atoms. The number of aromatic nitrogens is 1. The minimum Gasteiger partial charge on any atom is -0.497 e. The number of piperidine rings is 1. The van der Waals surface area contributed by atoms with Gasteiger partial charge in [0.05, 0.1) is 25.3 Å². The van der Waals surface area contributed by atoms with Crippen LogP contribution in [0.1, 0.15) is 72.4 Å². The smallest absolute Gasteiger partial charge is 0.321 e. The van der Waals surface area contributed by atoms with E-state index in [1.807, 2.05) is 36.9 Å². The van der Waals surface area contributed by atoms with Gasteiger partial charge in [-0.2, -0.15) is 0 Å². The highest BCUT2D eigenvalue weighted by atomic mass is 16.5. The molecule has 2 fully saturated rings. The minimum absolute atomic E-state index is 0.0400. The van der Waals surface area contributed by atoms with Gasteiger partial charge in [-0.05, 0) is 63.8 Å². The Labute approximate surface area is 213 Å². The predicted octanol–water partition coefficient (Wildman–Crippen LogP) is 4.46. The number of carbonyl (C=O) groups is 2. The number of hydrogen-bond acceptors (Lipinski definition) is 4. The SMILES string of the molecule is CCN1C(=O)N2Cc3cc(OC)cc(OC)c3[C@@H](C)C2(C)C12CCN(C(=O)c1[nH]c(C)cc1C)CC2. The van der Waals surface area contributed by atoms with Crippen molar-refractivity contribution >= 4 is 11.9 Å². The van der Waals surface area contributed by atoms with Crippen molar-refractivity contribution in [3.05, 3.63) is 46.3 Å². The molecule has 3 aliphatic rings. The normalized spacial score (nSPS) is 24.7. The van der Waals surface area contributed by atoms with E-state index in [-0.39, 0.29) is 23.4 Å². The highest BCUT2D eigenvalue weighted by molar-refractivity contribution is 5.94. The van der Waals surface area contributed by atoms with Crippen LogP contribution in [0.15, 0.2) is 18.2 Å². The number of nitrogens with zero attached hydrogens (tertiary/aromatic N) is 3. The van der Waals surface area contributed by atoms with Gasteiger partial charge in [-0.15, -0.1) is 0 Å². The Morgan fingerprint density at radius 2 is 1.83 bits per heavy atom. The molecule has 1 N–H and O–H groups in total. The van der Waals surface area contributed by atoms with E-state index < -0.39 is 5.54 Å². The van der Waals surface area contributed by atoms with Crippen molar-refractivity contribution in [2.75, 3.05) is 33.9 Å². The van der Waals surface area contributed by atoms with Gasteiger partial charge in [-0.25, -0.2) is 4.79 Å². The summed E-state index contributed by atoms with van der Waals surface area (Å²) in [4.78, 5) is 36.6. The highest BCUT2D eigenvalue weighted by Gasteiger charge is 2.68. The summed E-state index contributed by atoms with van der Waals surface area (Å²) in [7, 11) is 3.34. The Hall–Kier alpha value is -3.16. The number of likely N-dealkylation sites (N-methyl/N-ethyl adjacent to an activating group) is 1. The van der Waals surface area contributed by atoms with Gasteiger partial charge in [0.2, 0.25) is 0 Å². The van der Waals surface area contributed by atoms with Gasteiger partial charge >= 0.3 is 6.03 Å². The first-order valence-corrected chi connectivity index (χ1v) is 12.9. The van der Waals surface area contributed by atoms with Crippen molar-refractivity contribution in [3.8, 4) is 11.5 Å². The fourth-order valence-corrected chi connectivity index (χ4v) is 7.34. The fourth-order valence-electron chi connectivity index (χ4n) is 7.34. The average Bonchev–Trinajstić information content (AvgIpc) is 3.30. The summed E-state index contributed by atoms with van der Waals surface area (Å²) in [6.45, 7) is 12.8. The zero-order chi connectivity index (χ0) is 26.0.